The van der Waals surface area contributed by atoms with Crippen molar-refractivity contribution in [3.8, 4) is 0 Å². The minimum Gasteiger partial charge on any atom is -0.467 e. The number of fused-ring (bicyclic) bond motifs is 1. The van der Waals surface area contributed by atoms with Crippen LogP contribution in [0.15, 0.2) is 24.3 Å². The summed E-state index contributed by atoms with van der Waals surface area (Å²) >= 11 is 0. The maximum atomic E-state index is 13.0. The highest BCUT2D eigenvalue weighted by Gasteiger charge is 2.40. The zero-order chi connectivity index (χ0) is 18.7. The van der Waals surface area contributed by atoms with Gasteiger partial charge in [0.25, 0.3) is 0 Å². The van der Waals surface area contributed by atoms with Crippen LogP contribution >= 0.6 is 0 Å². The van der Waals surface area contributed by atoms with Crippen LogP contribution in [0.3, 0.4) is 0 Å². The van der Waals surface area contributed by atoms with Crippen molar-refractivity contribution in [3.63, 3.8) is 0 Å². The molecule has 2 rings (SSSR count). The Hall–Kier alpha value is -2.57. The third-order valence-electron chi connectivity index (χ3n) is 4.22. The lowest BCUT2D eigenvalue weighted by molar-refractivity contribution is -0.143. The molecule has 1 aliphatic heterocycles. The Morgan fingerprint density at radius 2 is 1.84 bits per heavy atom. The molecule has 25 heavy (non-hydrogen) atoms. The summed E-state index contributed by atoms with van der Waals surface area (Å²) in [6.45, 7) is 7.38. The fourth-order valence-corrected chi connectivity index (χ4v) is 2.93. The Kier molecular flexibility index (Phi) is 5.66. The normalized spacial score (nSPS) is 17.8. The molecule has 0 unspecified atom stereocenters. The van der Waals surface area contributed by atoms with Crippen molar-refractivity contribution in [1.29, 1.82) is 0 Å². The minimum absolute atomic E-state index is 0.102. The van der Waals surface area contributed by atoms with Gasteiger partial charge in [0.1, 0.15) is 12.1 Å². The summed E-state index contributed by atoms with van der Waals surface area (Å²) in [5, 5.41) is 5.55. The van der Waals surface area contributed by atoms with E-state index >= 15 is 0 Å². The Labute approximate surface area is 147 Å². The number of anilines is 2. The molecule has 0 fully saturated rings. The summed E-state index contributed by atoms with van der Waals surface area (Å²) in [6.07, 6.45) is 0. The van der Waals surface area contributed by atoms with Crippen LogP contribution in [0.4, 0.5) is 16.2 Å². The molecular formula is C18H25N3O4. The van der Waals surface area contributed by atoms with Gasteiger partial charge < -0.3 is 15.4 Å². The van der Waals surface area contributed by atoms with E-state index in [4.69, 9.17) is 4.74 Å². The lowest BCUT2D eigenvalue weighted by Crippen LogP contribution is -2.59. The highest BCUT2D eigenvalue weighted by molar-refractivity contribution is 6.12. The van der Waals surface area contributed by atoms with Gasteiger partial charge in [0.05, 0.1) is 18.5 Å². The molecular weight excluding hydrogens is 322 g/mol. The average Bonchev–Trinajstić information content (AvgIpc) is 2.56. The quantitative estimate of drug-likeness (QED) is 0.819. The molecule has 0 spiro atoms. The maximum absolute atomic E-state index is 13.0. The van der Waals surface area contributed by atoms with Gasteiger partial charge in [0.15, 0.2) is 0 Å². The second-order valence-electron chi connectivity index (χ2n) is 6.76. The first-order valence-corrected chi connectivity index (χ1v) is 8.35. The van der Waals surface area contributed by atoms with Gasteiger partial charge in [-0.25, -0.2) is 9.59 Å². The van der Waals surface area contributed by atoms with Crippen LogP contribution in [-0.2, 0) is 14.3 Å². The number of amides is 3. The standard InChI is InChI=1S/C18H25N3O4/c1-10(2)14(17(23)25-5)20-18(24)21-13-9-7-6-8-12(13)19-16(22)15(21)11(3)4/h6-11,14-15H,1-5H3,(H,19,22)(H,20,24)/t14-,15-/m0/s1. The molecule has 0 aliphatic carbocycles. The molecule has 1 aromatic rings. The Balaban J connectivity index is 2.40. The maximum Gasteiger partial charge on any atom is 0.328 e. The van der Waals surface area contributed by atoms with E-state index in [1.807, 2.05) is 27.7 Å². The van der Waals surface area contributed by atoms with Gasteiger partial charge in [-0.15, -0.1) is 0 Å². The number of carbonyl (C=O) groups excluding carboxylic acids is 3. The molecule has 3 amide bonds. The fraction of sp³-hybridized carbons (Fsp3) is 0.500. The monoisotopic (exact) mass is 347 g/mol. The number of nitrogens with zero attached hydrogens (tertiary/aromatic N) is 1. The largest absolute Gasteiger partial charge is 0.467 e. The van der Waals surface area contributed by atoms with Crippen LogP contribution in [0.1, 0.15) is 27.7 Å². The van der Waals surface area contributed by atoms with Crippen molar-refractivity contribution in [2.45, 2.75) is 39.8 Å². The predicted octanol–water partition coefficient (Wildman–Crippen LogP) is 2.38. The van der Waals surface area contributed by atoms with E-state index < -0.39 is 24.1 Å². The third-order valence-corrected chi connectivity index (χ3v) is 4.22. The highest BCUT2D eigenvalue weighted by Crippen LogP contribution is 2.34. The first-order valence-electron chi connectivity index (χ1n) is 8.35. The molecule has 7 nitrogen and oxygen atoms in total. The Morgan fingerprint density at radius 1 is 1.20 bits per heavy atom. The van der Waals surface area contributed by atoms with E-state index in [0.717, 1.165) is 0 Å². The van der Waals surface area contributed by atoms with Crippen LogP contribution < -0.4 is 15.5 Å². The van der Waals surface area contributed by atoms with Crippen LogP contribution in [0.25, 0.3) is 0 Å². The molecule has 0 radical (unpaired) electrons. The average molecular weight is 347 g/mol. The SMILES string of the molecule is COC(=O)[C@@H](NC(=O)N1c2ccccc2NC(=O)[C@@H]1C(C)C)C(C)C. The van der Waals surface area contributed by atoms with E-state index in [-0.39, 0.29) is 17.7 Å². The summed E-state index contributed by atoms with van der Waals surface area (Å²) in [6, 6.07) is 5.15. The zero-order valence-electron chi connectivity index (χ0n) is 15.2. The number of rotatable bonds is 4. The lowest BCUT2D eigenvalue weighted by atomic mass is 9.97. The molecule has 1 aromatic carbocycles. The second-order valence-corrected chi connectivity index (χ2v) is 6.76. The van der Waals surface area contributed by atoms with Crippen LogP contribution in [-0.4, -0.2) is 37.1 Å². The molecule has 0 saturated heterocycles. The zero-order valence-corrected chi connectivity index (χ0v) is 15.2. The Bertz CT molecular complexity index is 672. The molecule has 0 bridgehead atoms. The molecule has 1 aliphatic rings. The van der Waals surface area contributed by atoms with Gasteiger partial charge in [-0.3, -0.25) is 9.69 Å². The van der Waals surface area contributed by atoms with Crippen molar-refractivity contribution >= 4 is 29.3 Å². The molecule has 136 valence electrons. The third kappa shape index (κ3) is 3.75. The van der Waals surface area contributed by atoms with E-state index in [0.29, 0.717) is 11.4 Å². The number of hydrogen-bond donors (Lipinski definition) is 2. The summed E-state index contributed by atoms with van der Waals surface area (Å²) in [4.78, 5) is 38.9. The molecule has 2 N–H and O–H groups in total. The molecule has 7 heteroatoms. The van der Waals surface area contributed by atoms with Crippen molar-refractivity contribution in [2.24, 2.45) is 11.8 Å². The van der Waals surface area contributed by atoms with E-state index in [1.165, 1.54) is 12.0 Å². The molecule has 0 aromatic heterocycles. The first-order chi connectivity index (χ1) is 11.8. The van der Waals surface area contributed by atoms with Crippen molar-refractivity contribution in [2.75, 3.05) is 17.3 Å². The molecule has 2 atom stereocenters. The Morgan fingerprint density at radius 3 is 2.40 bits per heavy atom. The number of urea groups is 1. The smallest absolute Gasteiger partial charge is 0.328 e. The van der Waals surface area contributed by atoms with Crippen LogP contribution in [0, 0.1) is 11.8 Å². The van der Waals surface area contributed by atoms with Crippen molar-refractivity contribution in [1.82, 2.24) is 5.32 Å². The number of methoxy groups -OCH3 is 1. The number of ether oxygens (including phenoxy) is 1. The van der Waals surface area contributed by atoms with Gasteiger partial charge in [-0.1, -0.05) is 39.8 Å². The predicted molar refractivity (Wildman–Crippen MR) is 95.4 cm³/mol. The summed E-state index contributed by atoms with van der Waals surface area (Å²) in [5.41, 5.74) is 1.17. The van der Waals surface area contributed by atoms with Gasteiger partial charge in [0.2, 0.25) is 5.91 Å². The van der Waals surface area contributed by atoms with Gasteiger partial charge in [0, 0.05) is 0 Å². The number of carbonyl (C=O) groups is 3. The topological polar surface area (TPSA) is 87.7 Å². The van der Waals surface area contributed by atoms with E-state index in [2.05, 4.69) is 10.6 Å². The number of para-hydroxylation sites is 2. The summed E-state index contributed by atoms with van der Waals surface area (Å²) in [5.74, 6) is -1.01. The number of benzene rings is 1. The van der Waals surface area contributed by atoms with E-state index in [1.54, 1.807) is 24.3 Å². The lowest BCUT2D eigenvalue weighted by Gasteiger charge is -2.39. The van der Waals surface area contributed by atoms with Crippen LogP contribution in [0.5, 0.6) is 0 Å². The first kappa shape index (κ1) is 18.8. The number of hydrogen-bond acceptors (Lipinski definition) is 4. The van der Waals surface area contributed by atoms with Crippen LogP contribution in [0.2, 0.25) is 0 Å². The highest BCUT2D eigenvalue weighted by atomic mass is 16.5. The van der Waals surface area contributed by atoms with Gasteiger partial charge in [-0.2, -0.15) is 0 Å². The minimum atomic E-state index is -0.789. The summed E-state index contributed by atoms with van der Waals surface area (Å²) in [7, 11) is 1.28. The van der Waals surface area contributed by atoms with Gasteiger partial charge in [-0.05, 0) is 24.0 Å². The van der Waals surface area contributed by atoms with E-state index in [9.17, 15) is 14.4 Å². The summed E-state index contributed by atoms with van der Waals surface area (Å²) < 4.78 is 4.78. The molecule has 0 saturated carbocycles. The van der Waals surface area contributed by atoms with Gasteiger partial charge >= 0.3 is 12.0 Å². The second kappa shape index (κ2) is 7.55. The van der Waals surface area contributed by atoms with Crippen molar-refractivity contribution < 1.29 is 19.1 Å². The number of nitrogens with one attached hydrogen (secondary N) is 2. The molecule has 1 heterocycles. The fourth-order valence-electron chi connectivity index (χ4n) is 2.93. The number of esters is 1. The van der Waals surface area contributed by atoms with Crippen molar-refractivity contribution in [3.05, 3.63) is 24.3 Å².